The van der Waals surface area contributed by atoms with Gasteiger partial charge in [-0.1, -0.05) is 30.3 Å². The van der Waals surface area contributed by atoms with Crippen molar-refractivity contribution in [1.82, 2.24) is 0 Å². The Morgan fingerprint density at radius 1 is 0.735 bits per heavy atom. The first-order valence-electron chi connectivity index (χ1n) is 10.7. The summed E-state index contributed by atoms with van der Waals surface area (Å²) in [7, 11) is 1.57. The highest BCUT2D eigenvalue weighted by atomic mass is 16.5. The van der Waals surface area contributed by atoms with Crippen molar-refractivity contribution < 1.29 is 18.0 Å². The lowest BCUT2D eigenvalue weighted by Gasteiger charge is -2.07. The van der Waals surface area contributed by atoms with Crippen molar-refractivity contribution >= 4 is 32.9 Å². The van der Waals surface area contributed by atoms with E-state index in [4.69, 9.17) is 18.0 Å². The zero-order valence-corrected chi connectivity index (χ0v) is 18.4. The fraction of sp³-hybridized carbons (Fsp3) is 0.0714. The van der Waals surface area contributed by atoms with Crippen LogP contribution in [0.5, 0.6) is 5.75 Å². The molecule has 6 rings (SSSR count). The van der Waals surface area contributed by atoms with Crippen molar-refractivity contribution in [2.24, 2.45) is 0 Å². The van der Waals surface area contributed by atoms with Crippen LogP contribution >= 0.6 is 0 Å². The number of aryl methyl sites for hydroxylation is 1. The second-order valence-corrected chi connectivity index (χ2v) is 8.03. The van der Waals surface area contributed by atoms with Crippen LogP contribution in [0.3, 0.4) is 0 Å². The molecule has 166 valence electrons. The van der Waals surface area contributed by atoms with Crippen LogP contribution in [0.15, 0.2) is 95.6 Å². The normalized spacial score (nSPS) is 11.5. The molecule has 6 nitrogen and oxygen atoms in total. The maximum absolute atomic E-state index is 13.4. The van der Waals surface area contributed by atoms with Gasteiger partial charge in [0.2, 0.25) is 5.43 Å². The molecule has 3 heterocycles. The first-order chi connectivity index (χ1) is 16.5. The predicted molar refractivity (Wildman–Crippen MR) is 130 cm³/mol. The van der Waals surface area contributed by atoms with Gasteiger partial charge in [0.25, 0.3) is 0 Å². The monoisotopic (exact) mass is 450 g/mol. The Morgan fingerprint density at radius 2 is 1.50 bits per heavy atom. The van der Waals surface area contributed by atoms with Crippen LogP contribution in [0.1, 0.15) is 5.76 Å². The molecule has 0 radical (unpaired) electrons. The van der Waals surface area contributed by atoms with Crippen LogP contribution in [0.25, 0.3) is 55.4 Å². The summed E-state index contributed by atoms with van der Waals surface area (Å²) in [5, 5.41) is 1.78. The molecule has 3 aromatic heterocycles. The molecule has 0 aliphatic carbocycles. The zero-order chi connectivity index (χ0) is 23.4. The summed E-state index contributed by atoms with van der Waals surface area (Å²) >= 11 is 0. The molecule has 3 aromatic carbocycles. The van der Waals surface area contributed by atoms with Gasteiger partial charge in [0.05, 0.1) is 23.4 Å². The molecule has 0 aliphatic heterocycles. The smallest absolute Gasteiger partial charge is 0.336 e. The molecule has 0 amide bonds. The van der Waals surface area contributed by atoms with Crippen LogP contribution < -0.4 is 15.8 Å². The highest BCUT2D eigenvalue weighted by molar-refractivity contribution is 6.05. The molecule has 0 saturated heterocycles. The van der Waals surface area contributed by atoms with E-state index < -0.39 is 5.63 Å². The number of methoxy groups -OCH3 is 1. The van der Waals surface area contributed by atoms with Crippen LogP contribution in [0.4, 0.5) is 0 Å². The summed E-state index contributed by atoms with van der Waals surface area (Å²) in [4.78, 5) is 25.6. The van der Waals surface area contributed by atoms with Gasteiger partial charge in [-0.05, 0) is 48.9 Å². The lowest BCUT2D eigenvalue weighted by Crippen LogP contribution is -2.07. The van der Waals surface area contributed by atoms with Gasteiger partial charge in [-0.25, -0.2) is 4.79 Å². The first kappa shape index (κ1) is 20.1. The zero-order valence-electron chi connectivity index (χ0n) is 18.4. The average Bonchev–Trinajstić information content (AvgIpc) is 3.29. The minimum atomic E-state index is -0.493. The van der Waals surface area contributed by atoms with Crippen molar-refractivity contribution in [2.75, 3.05) is 7.11 Å². The third-order valence-electron chi connectivity index (χ3n) is 6.01. The first-order valence-corrected chi connectivity index (χ1v) is 10.7. The molecule has 0 saturated carbocycles. The van der Waals surface area contributed by atoms with E-state index in [9.17, 15) is 9.59 Å². The molecule has 0 N–H and O–H groups in total. The molecular weight excluding hydrogens is 432 g/mol. The second-order valence-electron chi connectivity index (χ2n) is 8.03. The Kier molecular flexibility index (Phi) is 4.42. The van der Waals surface area contributed by atoms with E-state index in [-0.39, 0.29) is 5.43 Å². The molecule has 34 heavy (non-hydrogen) atoms. The third kappa shape index (κ3) is 3.03. The second kappa shape index (κ2) is 7.49. The quantitative estimate of drug-likeness (QED) is 0.294. The topological polar surface area (TPSA) is 82.8 Å². The summed E-state index contributed by atoms with van der Waals surface area (Å²) in [6, 6.07) is 21.3. The highest BCUT2D eigenvalue weighted by Gasteiger charge is 2.19. The predicted octanol–water partition coefficient (Wildman–Crippen LogP) is 6.30. The van der Waals surface area contributed by atoms with Gasteiger partial charge in [0.15, 0.2) is 0 Å². The third-order valence-corrected chi connectivity index (χ3v) is 6.01. The van der Waals surface area contributed by atoms with Crippen LogP contribution in [-0.4, -0.2) is 7.11 Å². The van der Waals surface area contributed by atoms with E-state index in [1.165, 1.54) is 6.07 Å². The van der Waals surface area contributed by atoms with E-state index in [1.54, 1.807) is 50.4 Å². The van der Waals surface area contributed by atoms with Crippen LogP contribution in [0, 0.1) is 6.92 Å². The molecule has 0 fully saturated rings. The van der Waals surface area contributed by atoms with Crippen molar-refractivity contribution in [2.45, 2.75) is 6.92 Å². The summed E-state index contributed by atoms with van der Waals surface area (Å²) in [6.07, 6.45) is 0. The summed E-state index contributed by atoms with van der Waals surface area (Å²) in [6.45, 7) is 1.78. The Bertz CT molecular complexity index is 1840. The Labute approximate surface area is 192 Å². The van der Waals surface area contributed by atoms with Gasteiger partial charge in [0.1, 0.15) is 34.0 Å². The number of hydrogen-bond donors (Lipinski definition) is 0. The minimum absolute atomic E-state index is 0.106. The number of benzene rings is 3. The summed E-state index contributed by atoms with van der Waals surface area (Å²) in [5.41, 5.74) is 2.72. The fourth-order valence-corrected chi connectivity index (χ4v) is 4.42. The molecule has 0 aliphatic rings. The van der Waals surface area contributed by atoms with Gasteiger partial charge in [-0.3, -0.25) is 4.79 Å². The van der Waals surface area contributed by atoms with E-state index in [2.05, 4.69) is 0 Å². The Morgan fingerprint density at radius 3 is 2.29 bits per heavy atom. The van der Waals surface area contributed by atoms with E-state index >= 15 is 0 Å². The number of rotatable bonds is 3. The maximum Gasteiger partial charge on any atom is 0.336 e. The van der Waals surface area contributed by atoms with Gasteiger partial charge >= 0.3 is 5.63 Å². The number of hydrogen-bond acceptors (Lipinski definition) is 6. The Balaban J connectivity index is 1.62. The minimum Gasteiger partial charge on any atom is -0.497 e. The molecule has 6 aromatic rings. The van der Waals surface area contributed by atoms with E-state index in [0.717, 1.165) is 5.56 Å². The summed E-state index contributed by atoms with van der Waals surface area (Å²) in [5.74, 6) is 1.61. The number of furan rings is 1. The molecule has 0 bridgehead atoms. The molecule has 0 unspecified atom stereocenters. The number of ether oxygens (including phenoxy) is 1. The standard InChI is InChI=1S/C28H18O6/c1-15-26(16-6-4-3-5-7-16)27(30)18-9-11-23-21(28(18)32-15)13-24(33-23)20-14-25(29)34-22-10-8-17(31-2)12-19(20)22/h3-14H,1-2H3. The van der Waals surface area contributed by atoms with Crippen molar-refractivity contribution in [3.8, 4) is 28.2 Å². The fourth-order valence-electron chi connectivity index (χ4n) is 4.42. The van der Waals surface area contributed by atoms with Gasteiger partial charge in [0, 0.05) is 17.0 Å². The van der Waals surface area contributed by atoms with E-state index in [1.807, 2.05) is 30.3 Å². The maximum atomic E-state index is 13.4. The van der Waals surface area contributed by atoms with Crippen LogP contribution in [0.2, 0.25) is 0 Å². The molecule has 0 spiro atoms. The molecule has 0 atom stereocenters. The largest absolute Gasteiger partial charge is 0.497 e. The van der Waals surface area contributed by atoms with Crippen molar-refractivity contribution in [3.63, 3.8) is 0 Å². The van der Waals surface area contributed by atoms with Gasteiger partial charge < -0.3 is 18.0 Å². The average molecular weight is 450 g/mol. The Hall–Kier alpha value is -4.58. The lowest BCUT2D eigenvalue weighted by molar-refractivity contribution is 0.415. The van der Waals surface area contributed by atoms with Gasteiger partial charge in [-0.2, -0.15) is 0 Å². The molecule has 6 heteroatoms. The lowest BCUT2D eigenvalue weighted by atomic mass is 10.0. The van der Waals surface area contributed by atoms with Crippen LogP contribution in [-0.2, 0) is 0 Å². The summed E-state index contributed by atoms with van der Waals surface area (Å²) < 4.78 is 23.0. The number of fused-ring (bicyclic) bond motifs is 4. The van der Waals surface area contributed by atoms with Crippen molar-refractivity contribution in [3.05, 3.63) is 99.2 Å². The van der Waals surface area contributed by atoms with Gasteiger partial charge in [-0.15, -0.1) is 0 Å². The highest BCUT2D eigenvalue weighted by Crippen LogP contribution is 2.37. The molecular formula is C28H18O6. The SMILES string of the molecule is COc1ccc2oc(=O)cc(-c3cc4c(ccc5c(=O)c(-c6ccccc6)c(C)oc54)o3)c2c1. The van der Waals surface area contributed by atoms with E-state index in [0.29, 0.717) is 61.3 Å². The van der Waals surface area contributed by atoms with Crippen molar-refractivity contribution in [1.29, 1.82) is 0 Å².